The van der Waals surface area contributed by atoms with Crippen LogP contribution < -0.4 is 10.1 Å². The molecule has 0 atom stereocenters. The number of methoxy groups -OCH3 is 1. The molecule has 1 amide bonds. The van der Waals surface area contributed by atoms with Gasteiger partial charge in [0.15, 0.2) is 5.13 Å². The molecule has 0 aliphatic carbocycles. The van der Waals surface area contributed by atoms with E-state index in [0.29, 0.717) is 20.7 Å². The predicted octanol–water partition coefficient (Wildman–Crippen LogP) is 6.54. The van der Waals surface area contributed by atoms with E-state index in [0.717, 1.165) is 21.5 Å². The number of carbonyl (C=O) groups is 1. The van der Waals surface area contributed by atoms with Gasteiger partial charge < -0.3 is 4.74 Å². The number of halogens is 3. The Morgan fingerprint density at radius 3 is 2.78 bits per heavy atom. The molecule has 3 rings (SSSR count). The summed E-state index contributed by atoms with van der Waals surface area (Å²) in [6.45, 7) is 0. The van der Waals surface area contributed by atoms with Crippen LogP contribution in [-0.2, 0) is 4.79 Å². The smallest absolute Gasteiger partial charge is 0.250 e. The van der Waals surface area contributed by atoms with E-state index >= 15 is 0 Å². The number of rotatable bonds is 5. The Kier molecular flexibility index (Phi) is 6.55. The Labute approximate surface area is 178 Å². The summed E-state index contributed by atoms with van der Waals surface area (Å²) >= 11 is 16.8. The van der Waals surface area contributed by atoms with E-state index in [-0.39, 0.29) is 5.91 Å². The molecule has 4 nitrogen and oxygen atoms in total. The van der Waals surface area contributed by atoms with Gasteiger partial charge in [-0.3, -0.25) is 10.1 Å². The van der Waals surface area contributed by atoms with Crippen molar-refractivity contribution in [3.8, 4) is 17.0 Å². The van der Waals surface area contributed by atoms with Gasteiger partial charge in [0.05, 0.1) is 17.3 Å². The molecule has 0 saturated heterocycles. The van der Waals surface area contributed by atoms with Crippen molar-refractivity contribution >= 4 is 67.6 Å². The van der Waals surface area contributed by atoms with Gasteiger partial charge in [0.1, 0.15) is 5.75 Å². The van der Waals surface area contributed by atoms with Crippen molar-refractivity contribution in [2.75, 3.05) is 12.4 Å². The number of carbonyl (C=O) groups excluding carboxylic acids is 1. The van der Waals surface area contributed by atoms with Crippen LogP contribution in [-0.4, -0.2) is 18.0 Å². The Hall–Kier alpha value is -1.86. The molecule has 0 radical (unpaired) electrons. The first kappa shape index (κ1) is 19.9. The molecule has 0 aliphatic heterocycles. The van der Waals surface area contributed by atoms with E-state index in [1.807, 2.05) is 23.6 Å². The first-order chi connectivity index (χ1) is 13.0. The molecule has 0 aliphatic rings. The van der Waals surface area contributed by atoms with Crippen molar-refractivity contribution in [1.29, 1.82) is 0 Å². The highest BCUT2D eigenvalue weighted by Gasteiger charge is 2.09. The summed E-state index contributed by atoms with van der Waals surface area (Å²) in [5.41, 5.74) is 2.39. The second-order valence-electron chi connectivity index (χ2n) is 5.38. The molecule has 1 N–H and O–H groups in total. The quantitative estimate of drug-likeness (QED) is 0.419. The summed E-state index contributed by atoms with van der Waals surface area (Å²) in [5.74, 6) is 0.450. The predicted molar refractivity (Wildman–Crippen MR) is 116 cm³/mol. The van der Waals surface area contributed by atoms with Crippen LogP contribution in [0.2, 0.25) is 10.0 Å². The molecular weight excluding hydrogens is 471 g/mol. The second-order valence-corrected chi connectivity index (χ2v) is 7.93. The molecule has 2 aromatic carbocycles. The fourth-order valence-corrected chi connectivity index (χ4v) is 3.97. The standard InChI is InChI=1S/C19H13BrCl2N2O2S/c1-26-17-6-3-12(8-14(17)20)16-10-27-19(23-16)24-18(25)7-4-11-2-5-13(21)9-15(11)22/h2-10H,1H3,(H,23,24,25)/b7-4-. The van der Waals surface area contributed by atoms with Crippen molar-refractivity contribution in [3.63, 3.8) is 0 Å². The summed E-state index contributed by atoms with van der Waals surface area (Å²) < 4.78 is 6.06. The van der Waals surface area contributed by atoms with Crippen LogP contribution in [0, 0.1) is 0 Å². The van der Waals surface area contributed by atoms with Gasteiger partial charge in [0.2, 0.25) is 5.91 Å². The molecular formula is C19H13BrCl2N2O2S. The molecule has 0 fully saturated rings. The number of hydrogen-bond donors (Lipinski definition) is 1. The van der Waals surface area contributed by atoms with Crippen LogP contribution in [0.1, 0.15) is 5.56 Å². The van der Waals surface area contributed by atoms with Crippen LogP contribution in [0.3, 0.4) is 0 Å². The van der Waals surface area contributed by atoms with Gasteiger partial charge in [0, 0.05) is 27.1 Å². The molecule has 0 saturated carbocycles. The van der Waals surface area contributed by atoms with Crippen LogP contribution in [0.5, 0.6) is 5.75 Å². The van der Waals surface area contributed by atoms with E-state index in [1.165, 1.54) is 17.4 Å². The average Bonchev–Trinajstić information content (AvgIpc) is 3.09. The van der Waals surface area contributed by atoms with Gasteiger partial charge >= 0.3 is 0 Å². The Morgan fingerprint density at radius 2 is 2.07 bits per heavy atom. The fourth-order valence-electron chi connectivity index (χ4n) is 2.24. The van der Waals surface area contributed by atoms with Crippen molar-refractivity contribution in [3.05, 3.63) is 67.9 Å². The number of ether oxygens (including phenoxy) is 1. The average molecular weight is 484 g/mol. The lowest BCUT2D eigenvalue weighted by molar-refractivity contribution is -0.111. The minimum Gasteiger partial charge on any atom is -0.496 e. The molecule has 8 heteroatoms. The lowest BCUT2D eigenvalue weighted by Gasteiger charge is -2.04. The minimum absolute atomic E-state index is 0.294. The van der Waals surface area contributed by atoms with Gasteiger partial charge in [-0.2, -0.15) is 0 Å². The van der Waals surface area contributed by atoms with E-state index in [1.54, 1.807) is 31.4 Å². The highest BCUT2D eigenvalue weighted by Crippen LogP contribution is 2.32. The number of nitrogens with zero attached hydrogens (tertiary/aromatic N) is 1. The van der Waals surface area contributed by atoms with Gasteiger partial charge in [0.25, 0.3) is 0 Å². The lowest BCUT2D eigenvalue weighted by atomic mass is 10.2. The van der Waals surface area contributed by atoms with E-state index in [9.17, 15) is 4.79 Å². The minimum atomic E-state index is -0.294. The highest BCUT2D eigenvalue weighted by atomic mass is 79.9. The van der Waals surface area contributed by atoms with Crippen molar-refractivity contribution in [1.82, 2.24) is 4.98 Å². The number of hydrogen-bond acceptors (Lipinski definition) is 4. The number of nitrogens with one attached hydrogen (secondary N) is 1. The first-order valence-corrected chi connectivity index (χ1v) is 10.1. The zero-order valence-electron chi connectivity index (χ0n) is 14.0. The van der Waals surface area contributed by atoms with Crippen LogP contribution in [0.25, 0.3) is 17.3 Å². The maximum absolute atomic E-state index is 12.1. The van der Waals surface area contributed by atoms with E-state index in [4.69, 9.17) is 27.9 Å². The number of amides is 1. The monoisotopic (exact) mass is 482 g/mol. The second kappa shape index (κ2) is 8.89. The zero-order valence-corrected chi connectivity index (χ0v) is 17.9. The first-order valence-electron chi connectivity index (χ1n) is 7.70. The summed E-state index contributed by atoms with van der Waals surface area (Å²) in [6, 6.07) is 10.8. The lowest BCUT2D eigenvalue weighted by Crippen LogP contribution is -2.07. The molecule has 0 bridgehead atoms. The zero-order chi connectivity index (χ0) is 19.4. The van der Waals surface area contributed by atoms with Gasteiger partial charge in [-0.15, -0.1) is 11.3 Å². The third-order valence-electron chi connectivity index (χ3n) is 3.56. The molecule has 1 heterocycles. The number of benzene rings is 2. The molecule has 1 aromatic heterocycles. The summed E-state index contributed by atoms with van der Waals surface area (Å²) in [7, 11) is 1.61. The van der Waals surface area contributed by atoms with Crippen molar-refractivity contribution < 1.29 is 9.53 Å². The Bertz CT molecular complexity index is 1020. The third kappa shape index (κ3) is 5.11. The number of aromatic nitrogens is 1. The van der Waals surface area contributed by atoms with Crippen LogP contribution in [0.4, 0.5) is 5.13 Å². The third-order valence-corrected chi connectivity index (χ3v) is 5.50. The van der Waals surface area contributed by atoms with E-state index < -0.39 is 0 Å². The van der Waals surface area contributed by atoms with Gasteiger partial charge in [-0.05, 0) is 57.9 Å². The van der Waals surface area contributed by atoms with Crippen molar-refractivity contribution in [2.45, 2.75) is 0 Å². The summed E-state index contributed by atoms with van der Waals surface area (Å²) in [6.07, 6.45) is 3.03. The number of thiazole rings is 1. The molecule has 0 spiro atoms. The van der Waals surface area contributed by atoms with Gasteiger partial charge in [-0.1, -0.05) is 29.3 Å². The SMILES string of the molecule is COc1ccc(-c2csc(NC(=O)/C=C\c3ccc(Cl)cc3Cl)n2)cc1Br. The summed E-state index contributed by atoms with van der Waals surface area (Å²) in [4.78, 5) is 16.6. The number of anilines is 1. The van der Waals surface area contributed by atoms with Crippen LogP contribution >= 0.6 is 50.5 Å². The largest absolute Gasteiger partial charge is 0.496 e. The van der Waals surface area contributed by atoms with Crippen LogP contribution in [0.15, 0.2) is 52.3 Å². The van der Waals surface area contributed by atoms with E-state index in [2.05, 4.69) is 26.2 Å². The molecule has 0 unspecified atom stereocenters. The maximum Gasteiger partial charge on any atom is 0.250 e. The maximum atomic E-state index is 12.1. The topological polar surface area (TPSA) is 51.2 Å². The Balaban J connectivity index is 1.69. The molecule has 138 valence electrons. The summed E-state index contributed by atoms with van der Waals surface area (Å²) in [5, 5.41) is 6.16. The molecule has 3 aromatic rings. The highest BCUT2D eigenvalue weighted by molar-refractivity contribution is 9.10. The normalized spacial score (nSPS) is 11.0. The Morgan fingerprint density at radius 1 is 1.26 bits per heavy atom. The van der Waals surface area contributed by atoms with Crippen molar-refractivity contribution in [2.24, 2.45) is 0 Å². The van der Waals surface area contributed by atoms with Gasteiger partial charge in [-0.25, -0.2) is 4.98 Å². The fraction of sp³-hybridized carbons (Fsp3) is 0.0526. The molecule has 27 heavy (non-hydrogen) atoms.